The van der Waals surface area contributed by atoms with Gasteiger partial charge in [0.25, 0.3) is 5.91 Å². The number of rotatable bonds is 3. The number of aromatic nitrogens is 3. The number of aromatic amines is 1. The minimum atomic E-state index is -4.42. The summed E-state index contributed by atoms with van der Waals surface area (Å²) >= 11 is 0. The highest BCUT2D eigenvalue weighted by atomic mass is 19.4. The number of H-pyrrole nitrogens is 1. The zero-order valence-corrected chi connectivity index (χ0v) is 18.0. The van der Waals surface area contributed by atoms with Crippen LogP contribution in [0.5, 0.6) is 11.5 Å². The van der Waals surface area contributed by atoms with Crippen molar-refractivity contribution in [1.82, 2.24) is 15.0 Å². The number of anilines is 1. The quantitative estimate of drug-likeness (QED) is 0.454. The fourth-order valence-corrected chi connectivity index (χ4v) is 5.06. The van der Waals surface area contributed by atoms with E-state index in [0.717, 1.165) is 29.0 Å². The van der Waals surface area contributed by atoms with Gasteiger partial charge in [-0.25, -0.2) is 9.97 Å². The molecule has 1 N–H and O–H groups in total. The second-order valence-electron chi connectivity index (χ2n) is 8.95. The minimum Gasteiger partial charge on any atom is -0.489 e. The van der Waals surface area contributed by atoms with E-state index in [4.69, 9.17) is 9.57 Å². The number of imidazole rings is 1. The molecule has 2 aromatic heterocycles. The molecule has 10 heteroatoms. The monoisotopic (exact) mass is 478 g/mol. The lowest BCUT2D eigenvalue weighted by Crippen LogP contribution is -2.38. The number of alkyl halides is 3. The van der Waals surface area contributed by atoms with Crippen LogP contribution in [0.3, 0.4) is 0 Å². The summed E-state index contributed by atoms with van der Waals surface area (Å²) in [6.45, 7) is 0. The van der Waals surface area contributed by atoms with E-state index in [1.165, 1.54) is 11.1 Å². The predicted molar refractivity (Wildman–Crippen MR) is 118 cm³/mol. The van der Waals surface area contributed by atoms with Crippen LogP contribution in [-0.2, 0) is 17.4 Å². The molecule has 0 unspecified atom stereocenters. The van der Waals surface area contributed by atoms with Crippen LogP contribution >= 0.6 is 0 Å². The number of nitrogens with one attached hydrogen (secondary N) is 1. The number of fused-ring (bicyclic) bond motifs is 5. The minimum absolute atomic E-state index is 0.00123. The summed E-state index contributed by atoms with van der Waals surface area (Å²) in [5.74, 6) is 2.01. The highest BCUT2D eigenvalue weighted by Gasteiger charge is 2.61. The molecule has 0 bridgehead atoms. The fraction of sp³-hybridized carbons (Fsp3) is 0.240. The third kappa shape index (κ3) is 3.16. The molecule has 35 heavy (non-hydrogen) atoms. The third-order valence-electron chi connectivity index (χ3n) is 6.79. The van der Waals surface area contributed by atoms with Crippen LogP contribution in [0.15, 0.2) is 54.7 Å². The molecule has 1 fully saturated rings. The molecule has 3 aliphatic rings. The first-order valence-corrected chi connectivity index (χ1v) is 11.2. The Labute approximate surface area is 196 Å². The number of amides is 1. The first-order valence-electron chi connectivity index (χ1n) is 11.2. The Hall–Kier alpha value is -4.08. The Balaban J connectivity index is 1.16. The van der Waals surface area contributed by atoms with Crippen LogP contribution in [-0.4, -0.2) is 27.0 Å². The molecular formula is C25H17F3N4O3. The number of halogens is 3. The van der Waals surface area contributed by atoms with Gasteiger partial charge in [-0.15, -0.1) is 5.06 Å². The summed E-state index contributed by atoms with van der Waals surface area (Å²) in [6.07, 6.45) is -1.99. The lowest BCUT2D eigenvalue weighted by Gasteiger charge is -2.27. The summed E-state index contributed by atoms with van der Waals surface area (Å²) in [5.41, 5.74) is 1.96. The molecule has 4 heterocycles. The Morgan fingerprint density at radius 2 is 1.97 bits per heavy atom. The number of nitrogens with zero attached hydrogens (tertiary/aromatic N) is 3. The smallest absolute Gasteiger partial charge is 0.416 e. The average Bonchev–Trinajstić information content (AvgIpc) is 3.19. The van der Waals surface area contributed by atoms with Crippen molar-refractivity contribution in [3.8, 4) is 11.5 Å². The molecule has 7 nitrogen and oxygen atoms in total. The van der Waals surface area contributed by atoms with Gasteiger partial charge in [-0.1, -0.05) is 6.07 Å². The van der Waals surface area contributed by atoms with Crippen LogP contribution in [0.2, 0.25) is 0 Å². The van der Waals surface area contributed by atoms with Crippen molar-refractivity contribution in [2.45, 2.75) is 37.0 Å². The van der Waals surface area contributed by atoms with Gasteiger partial charge in [0.1, 0.15) is 17.7 Å². The molecule has 7 rings (SSSR count). The normalized spacial score (nSPS) is 22.4. The van der Waals surface area contributed by atoms with E-state index in [9.17, 15) is 18.0 Å². The zero-order chi connectivity index (χ0) is 23.9. The molecule has 3 atom stereocenters. The summed E-state index contributed by atoms with van der Waals surface area (Å²) in [4.78, 5) is 30.3. The Bertz CT molecular complexity index is 1520. The largest absolute Gasteiger partial charge is 0.489 e. The lowest BCUT2D eigenvalue weighted by molar-refractivity contribution is -0.137. The molecule has 2 aliphatic heterocycles. The molecule has 1 amide bonds. The number of hydroxylamine groups is 1. The summed E-state index contributed by atoms with van der Waals surface area (Å²) in [6, 6.07) is 12.6. The number of carbonyl (C=O) groups is 1. The summed E-state index contributed by atoms with van der Waals surface area (Å²) in [7, 11) is 0. The van der Waals surface area contributed by atoms with Crippen LogP contribution in [0.4, 0.5) is 19.0 Å². The predicted octanol–water partition coefficient (Wildman–Crippen LogP) is 4.89. The van der Waals surface area contributed by atoms with Gasteiger partial charge in [-0.3, -0.25) is 4.79 Å². The molecular weight excluding hydrogens is 461 g/mol. The van der Waals surface area contributed by atoms with Gasteiger partial charge in [0.15, 0.2) is 11.6 Å². The maximum Gasteiger partial charge on any atom is 0.416 e. The lowest BCUT2D eigenvalue weighted by atomic mass is 10.1. The summed E-state index contributed by atoms with van der Waals surface area (Å²) in [5, 5.41) is 1.23. The zero-order valence-electron chi connectivity index (χ0n) is 18.0. The van der Waals surface area contributed by atoms with E-state index in [1.807, 2.05) is 18.2 Å². The molecule has 1 aliphatic carbocycles. The van der Waals surface area contributed by atoms with Gasteiger partial charge in [-0.2, -0.15) is 13.2 Å². The van der Waals surface area contributed by atoms with Crippen molar-refractivity contribution >= 4 is 22.8 Å². The van der Waals surface area contributed by atoms with E-state index in [2.05, 4.69) is 15.0 Å². The van der Waals surface area contributed by atoms with E-state index < -0.39 is 11.7 Å². The fourth-order valence-electron chi connectivity index (χ4n) is 5.06. The standard InChI is InChI=1S/C25H17F3N4O3/c26-25(27,28)13-4-6-16-17(10-13)31-23(30-16)21-20-15-11-14(5-7-18(15)34-22(20)21)35-32-19(33)8-3-12-2-1-9-29-24(12)32/h1-2,4-7,9-11,20-22H,3,8H2,(H,30,31)/t20-,21-,22-/m0/s1. The van der Waals surface area contributed by atoms with Gasteiger partial charge in [0.2, 0.25) is 0 Å². The Kier molecular flexibility index (Phi) is 4.04. The second-order valence-corrected chi connectivity index (χ2v) is 8.95. The van der Waals surface area contributed by atoms with Crippen molar-refractivity contribution in [2.75, 3.05) is 5.06 Å². The number of carbonyl (C=O) groups excluding carboxylic acids is 1. The van der Waals surface area contributed by atoms with Crippen molar-refractivity contribution < 1.29 is 27.5 Å². The number of aryl methyl sites for hydroxylation is 1. The SMILES string of the molecule is O=C1CCc2cccnc2N1Oc1ccc2c(c1)[C@@H]1[C@H](O2)[C@H]1c1nc2ccc(C(F)(F)F)cc2[nH]1. The van der Waals surface area contributed by atoms with Crippen LogP contribution in [0.1, 0.15) is 40.8 Å². The van der Waals surface area contributed by atoms with Gasteiger partial charge in [0.05, 0.1) is 22.5 Å². The van der Waals surface area contributed by atoms with Crippen molar-refractivity contribution in [3.63, 3.8) is 0 Å². The Morgan fingerprint density at radius 3 is 2.83 bits per heavy atom. The Morgan fingerprint density at radius 1 is 1.09 bits per heavy atom. The van der Waals surface area contributed by atoms with Crippen LogP contribution in [0.25, 0.3) is 11.0 Å². The third-order valence-corrected chi connectivity index (χ3v) is 6.79. The molecule has 1 saturated carbocycles. The molecule has 0 spiro atoms. The average molecular weight is 478 g/mol. The van der Waals surface area contributed by atoms with Crippen molar-refractivity contribution in [3.05, 3.63) is 77.2 Å². The van der Waals surface area contributed by atoms with E-state index in [0.29, 0.717) is 41.3 Å². The molecule has 2 aromatic carbocycles. The van der Waals surface area contributed by atoms with Crippen LogP contribution in [0, 0.1) is 0 Å². The van der Waals surface area contributed by atoms with E-state index in [-0.39, 0.29) is 23.8 Å². The maximum atomic E-state index is 13.1. The second kappa shape index (κ2) is 6.97. The number of benzene rings is 2. The van der Waals surface area contributed by atoms with Crippen molar-refractivity contribution in [2.24, 2.45) is 0 Å². The van der Waals surface area contributed by atoms with Gasteiger partial charge in [0, 0.05) is 24.1 Å². The summed E-state index contributed by atoms with van der Waals surface area (Å²) < 4.78 is 45.2. The van der Waals surface area contributed by atoms with Gasteiger partial charge < -0.3 is 14.6 Å². The van der Waals surface area contributed by atoms with Gasteiger partial charge >= 0.3 is 6.18 Å². The molecule has 176 valence electrons. The molecule has 0 saturated heterocycles. The first kappa shape index (κ1) is 20.3. The number of ether oxygens (including phenoxy) is 1. The van der Waals surface area contributed by atoms with E-state index >= 15 is 0 Å². The topological polar surface area (TPSA) is 80.3 Å². The number of pyridine rings is 1. The van der Waals surface area contributed by atoms with Gasteiger partial charge in [-0.05, 0) is 54.4 Å². The van der Waals surface area contributed by atoms with Crippen LogP contribution < -0.4 is 14.6 Å². The number of hydrogen-bond donors (Lipinski definition) is 1. The maximum absolute atomic E-state index is 13.1. The highest BCUT2D eigenvalue weighted by molar-refractivity contribution is 5.93. The highest BCUT2D eigenvalue weighted by Crippen LogP contribution is 2.63. The molecule has 4 aromatic rings. The van der Waals surface area contributed by atoms with Crippen molar-refractivity contribution in [1.29, 1.82) is 0 Å². The number of hydrogen-bond acceptors (Lipinski definition) is 5. The van der Waals surface area contributed by atoms with E-state index in [1.54, 1.807) is 18.3 Å². The molecule has 0 radical (unpaired) electrons. The first-order chi connectivity index (χ1) is 16.9.